The second-order valence-corrected chi connectivity index (χ2v) is 8.14. The highest BCUT2D eigenvalue weighted by atomic mass is 16.5. The van der Waals surface area contributed by atoms with Crippen molar-refractivity contribution >= 4 is 40.4 Å². The maximum atomic E-state index is 13.3. The molecule has 0 bridgehead atoms. The first-order valence-corrected chi connectivity index (χ1v) is 11.7. The van der Waals surface area contributed by atoms with E-state index in [9.17, 15) is 9.59 Å². The molecule has 34 heavy (non-hydrogen) atoms. The van der Waals surface area contributed by atoms with E-state index in [4.69, 9.17) is 15.1 Å². The lowest BCUT2D eigenvalue weighted by Crippen LogP contribution is -2.54. The summed E-state index contributed by atoms with van der Waals surface area (Å²) in [7, 11) is 3.30. The van der Waals surface area contributed by atoms with Crippen LogP contribution in [0.2, 0.25) is 0 Å². The molecule has 9 nitrogen and oxygen atoms in total. The quantitative estimate of drug-likeness (QED) is 0.677. The molecule has 0 atom stereocenters. The van der Waals surface area contributed by atoms with Gasteiger partial charge in [0.25, 0.3) is 0 Å². The number of aromatic nitrogens is 2. The first-order chi connectivity index (χ1) is 16.5. The molecular formula is C25H34N6O3. The number of likely N-dealkylation sites (tertiary alicyclic amines) is 1. The Bertz CT molecular complexity index is 1090. The fraction of sp³-hybridized carbons (Fsp3) is 0.480. The molecule has 2 aromatic heterocycles. The number of carbonyl (C=O) groups excluding carboxylic acids is 2. The Labute approximate surface area is 200 Å². The highest BCUT2D eigenvalue weighted by molar-refractivity contribution is 6.09. The summed E-state index contributed by atoms with van der Waals surface area (Å²) < 4.78 is 4.98. The van der Waals surface area contributed by atoms with Crippen LogP contribution in [0.25, 0.3) is 16.6 Å². The molecule has 0 radical (unpaired) electrons. The maximum Gasteiger partial charge on any atom is 0.324 e. The van der Waals surface area contributed by atoms with E-state index < -0.39 is 0 Å². The van der Waals surface area contributed by atoms with Crippen LogP contribution < -0.4 is 4.90 Å². The molecule has 2 aliphatic heterocycles. The fourth-order valence-electron chi connectivity index (χ4n) is 4.47. The number of piperidine rings is 1. The van der Waals surface area contributed by atoms with Gasteiger partial charge in [0.15, 0.2) is 0 Å². The molecule has 1 saturated heterocycles. The number of urea groups is 1. The van der Waals surface area contributed by atoms with E-state index in [0.29, 0.717) is 54.8 Å². The van der Waals surface area contributed by atoms with Gasteiger partial charge in [-0.15, -0.1) is 0 Å². The van der Waals surface area contributed by atoms with E-state index in [-0.39, 0.29) is 24.6 Å². The van der Waals surface area contributed by atoms with Crippen molar-refractivity contribution < 1.29 is 14.3 Å². The summed E-state index contributed by atoms with van der Waals surface area (Å²) in [5.74, 6) is -0.0278. The molecule has 0 saturated carbocycles. The third kappa shape index (κ3) is 4.79. The third-order valence-electron chi connectivity index (χ3n) is 6.16. The number of ether oxygens (including phenoxy) is 1. The van der Waals surface area contributed by atoms with E-state index >= 15 is 0 Å². The van der Waals surface area contributed by atoms with Crippen molar-refractivity contribution in [2.24, 2.45) is 0 Å². The molecule has 1 N–H and O–H groups in total. The molecule has 0 unspecified atom stereocenters. The maximum absolute atomic E-state index is 13.3. The second kappa shape index (κ2) is 11.2. The summed E-state index contributed by atoms with van der Waals surface area (Å²) in [5, 5.41) is 7.67. The average Bonchev–Trinajstić information content (AvgIpc) is 2.87. The minimum absolute atomic E-state index is 0.0278. The average molecular weight is 467 g/mol. The van der Waals surface area contributed by atoms with Crippen LogP contribution in [0.15, 0.2) is 24.4 Å². The number of methoxy groups -OCH3 is 1. The van der Waals surface area contributed by atoms with Crippen LogP contribution in [0.1, 0.15) is 44.9 Å². The molecule has 2 aromatic rings. The third-order valence-corrected chi connectivity index (χ3v) is 6.16. The standard InChI is InChI=1S/C23H28N6O3.C2H6/c1-4-15(11-24)18-5-6-19-21(26-18)22-16(12-25-19)13-27(2)23(31)29(22)17-7-9-28(10-8-17)20(30)14-32-3;1-2/h4-6,11-12,17,24H,7-10,13-14H2,1-3H3;1-2H3/b15-4+,24-11?;. The topological polar surface area (TPSA) is 103 Å². The number of nitrogens with one attached hydrogen (secondary N) is 1. The molecule has 0 spiro atoms. The zero-order valence-corrected chi connectivity index (χ0v) is 20.7. The number of nitrogens with zero attached hydrogens (tertiary/aromatic N) is 5. The van der Waals surface area contributed by atoms with Gasteiger partial charge >= 0.3 is 6.03 Å². The van der Waals surface area contributed by atoms with Crippen molar-refractivity contribution in [3.8, 4) is 0 Å². The summed E-state index contributed by atoms with van der Waals surface area (Å²) in [4.78, 5) is 40.3. The van der Waals surface area contributed by atoms with Gasteiger partial charge in [0, 0.05) is 56.8 Å². The van der Waals surface area contributed by atoms with Crippen molar-refractivity contribution in [2.75, 3.05) is 38.8 Å². The van der Waals surface area contributed by atoms with Crippen LogP contribution in [0.5, 0.6) is 0 Å². The van der Waals surface area contributed by atoms with Gasteiger partial charge in [0.05, 0.1) is 23.4 Å². The van der Waals surface area contributed by atoms with Crippen LogP contribution in [0, 0.1) is 5.41 Å². The summed E-state index contributed by atoms with van der Waals surface area (Å²) in [6.45, 7) is 7.56. The minimum Gasteiger partial charge on any atom is -0.375 e. The number of pyridine rings is 2. The Balaban J connectivity index is 0.00000158. The fourth-order valence-corrected chi connectivity index (χ4v) is 4.47. The summed E-state index contributed by atoms with van der Waals surface area (Å²) in [6, 6.07) is 3.62. The Hall–Kier alpha value is -3.33. The van der Waals surface area contributed by atoms with Crippen LogP contribution in [0.4, 0.5) is 10.5 Å². The van der Waals surface area contributed by atoms with Crippen molar-refractivity contribution in [3.63, 3.8) is 0 Å². The van der Waals surface area contributed by atoms with Crippen LogP contribution in [-0.2, 0) is 16.1 Å². The SMILES string of the molecule is C/C=C(\C=N)c1ccc2ncc3c(c2n1)N(C1CCN(C(=O)COC)CC1)C(=O)N(C)C3.CC. The lowest BCUT2D eigenvalue weighted by molar-refractivity contribution is -0.136. The monoisotopic (exact) mass is 466 g/mol. The van der Waals surface area contributed by atoms with Crippen LogP contribution in [-0.4, -0.2) is 77.8 Å². The minimum atomic E-state index is -0.0721. The normalized spacial score (nSPS) is 16.8. The molecule has 4 rings (SSSR count). The van der Waals surface area contributed by atoms with Gasteiger partial charge in [0.2, 0.25) is 5.91 Å². The molecule has 182 valence electrons. The van der Waals surface area contributed by atoms with Crippen molar-refractivity contribution in [1.82, 2.24) is 19.8 Å². The first kappa shape index (κ1) is 25.3. The van der Waals surface area contributed by atoms with Gasteiger partial charge in [-0.3, -0.25) is 14.7 Å². The highest BCUT2D eigenvalue weighted by Gasteiger charge is 2.37. The Morgan fingerprint density at radius 3 is 2.59 bits per heavy atom. The lowest BCUT2D eigenvalue weighted by Gasteiger charge is -2.43. The first-order valence-electron chi connectivity index (χ1n) is 11.7. The van der Waals surface area contributed by atoms with Crippen LogP contribution in [0.3, 0.4) is 0 Å². The van der Waals surface area contributed by atoms with Crippen molar-refractivity contribution in [3.05, 3.63) is 35.7 Å². The van der Waals surface area contributed by atoms with Crippen LogP contribution >= 0.6 is 0 Å². The van der Waals surface area contributed by atoms with Crippen molar-refractivity contribution in [2.45, 2.75) is 46.2 Å². The van der Waals surface area contributed by atoms with Gasteiger partial charge in [0.1, 0.15) is 12.1 Å². The Kier molecular flexibility index (Phi) is 8.33. The molecule has 4 heterocycles. The Morgan fingerprint density at radius 2 is 1.97 bits per heavy atom. The predicted molar refractivity (Wildman–Crippen MR) is 134 cm³/mol. The zero-order valence-electron chi connectivity index (χ0n) is 20.7. The highest BCUT2D eigenvalue weighted by Crippen LogP contribution is 2.37. The Morgan fingerprint density at radius 1 is 1.26 bits per heavy atom. The zero-order chi connectivity index (χ0) is 24.8. The van der Waals surface area contributed by atoms with Gasteiger partial charge < -0.3 is 19.9 Å². The summed E-state index contributed by atoms with van der Waals surface area (Å²) in [6.07, 6.45) is 6.30. The number of hydrogen-bond acceptors (Lipinski definition) is 6. The number of hydrogen-bond donors (Lipinski definition) is 1. The van der Waals surface area contributed by atoms with E-state index in [1.807, 2.05) is 50.1 Å². The van der Waals surface area contributed by atoms with Crippen molar-refractivity contribution in [1.29, 1.82) is 5.41 Å². The number of rotatable bonds is 5. The van der Waals surface area contributed by atoms with E-state index in [2.05, 4.69) is 4.98 Å². The summed E-state index contributed by atoms with van der Waals surface area (Å²) >= 11 is 0. The molecule has 0 aromatic carbocycles. The van der Waals surface area contributed by atoms with E-state index in [1.165, 1.54) is 13.3 Å². The predicted octanol–water partition coefficient (Wildman–Crippen LogP) is 3.72. The molecule has 1 fully saturated rings. The molecule has 0 aliphatic carbocycles. The summed E-state index contributed by atoms with van der Waals surface area (Å²) in [5.41, 5.74) is 4.50. The largest absolute Gasteiger partial charge is 0.375 e. The lowest BCUT2D eigenvalue weighted by atomic mass is 9.99. The molecule has 3 amide bonds. The number of carbonyl (C=O) groups is 2. The molecular weight excluding hydrogens is 432 g/mol. The van der Waals surface area contributed by atoms with Gasteiger partial charge in [-0.05, 0) is 31.9 Å². The van der Waals surface area contributed by atoms with E-state index in [1.54, 1.807) is 16.8 Å². The number of amides is 3. The number of fused-ring (bicyclic) bond motifs is 3. The second-order valence-electron chi connectivity index (χ2n) is 8.14. The number of anilines is 1. The van der Waals surface area contributed by atoms with Gasteiger partial charge in [-0.1, -0.05) is 19.9 Å². The van der Waals surface area contributed by atoms with E-state index in [0.717, 1.165) is 11.3 Å². The van der Waals surface area contributed by atoms with Gasteiger partial charge in [-0.25, -0.2) is 9.78 Å². The molecule has 9 heteroatoms. The smallest absolute Gasteiger partial charge is 0.324 e. The van der Waals surface area contributed by atoms with Gasteiger partial charge in [-0.2, -0.15) is 0 Å². The number of allylic oxidation sites excluding steroid dienone is 2. The molecule has 2 aliphatic rings.